The van der Waals surface area contributed by atoms with Gasteiger partial charge in [0.05, 0.1) is 17.8 Å². The molecule has 2 atom stereocenters. The van der Waals surface area contributed by atoms with Crippen LogP contribution in [0.4, 0.5) is 0 Å². The molecule has 2 N–H and O–H groups in total. The van der Waals surface area contributed by atoms with Crippen molar-refractivity contribution in [3.8, 4) is 6.07 Å². The molecule has 2 saturated heterocycles. The maximum atomic E-state index is 10.4. The monoisotopic (exact) mass is 333 g/mol. The quantitative estimate of drug-likeness (QED) is 0.846. The first kappa shape index (κ1) is 17.4. The van der Waals surface area contributed by atoms with E-state index >= 15 is 0 Å². The Morgan fingerprint density at radius 2 is 2.08 bits per heavy atom. The van der Waals surface area contributed by atoms with E-state index in [2.05, 4.69) is 11.0 Å². The van der Waals surface area contributed by atoms with Crippen molar-refractivity contribution in [2.45, 2.75) is 57.0 Å². The first-order chi connectivity index (χ1) is 11.3. The highest BCUT2D eigenvalue weighted by molar-refractivity contribution is 5.34. The average Bonchev–Trinajstić information content (AvgIpc) is 2.81. The van der Waals surface area contributed by atoms with Gasteiger partial charge in [0.2, 0.25) is 0 Å². The van der Waals surface area contributed by atoms with Gasteiger partial charge < -0.3 is 19.5 Å². The number of nitriles is 1. The van der Waals surface area contributed by atoms with Gasteiger partial charge in [-0.05, 0) is 38.3 Å². The zero-order valence-corrected chi connectivity index (χ0v) is 14.7. The van der Waals surface area contributed by atoms with E-state index < -0.39 is 11.7 Å². The predicted molar refractivity (Wildman–Crippen MR) is 89.3 cm³/mol. The molecule has 0 radical (unpaired) electrons. The fraction of sp³-hybridized carbons (Fsp3) is 0.722. The minimum absolute atomic E-state index is 0.205. The Hall–Kier alpha value is -1.39. The van der Waals surface area contributed by atoms with Gasteiger partial charge in [0.25, 0.3) is 0 Å². The number of aromatic nitrogens is 1. The highest BCUT2D eigenvalue weighted by atomic mass is 16.5. The Labute approximate surface area is 143 Å². The summed E-state index contributed by atoms with van der Waals surface area (Å²) in [7, 11) is 1.92. The summed E-state index contributed by atoms with van der Waals surface area (Å²) < 4.78 is 7.87. The zero-order valence-electron chi connectivity index (χ0n) is 14.7. The molecule has 1 aromatic rings. The molecule has 6 nitrogen and oxygen atoms in total. The standard InChI is InChI=1S/C18H27N3O3/c1-13-14(8-15(9-19)20(13)3)10-21-6-4-18(5-7-21)12-17(2,23)16(22)11-24-18/h8,16,22-23H,4-7,10-12H2,1-3H3/t16-,17-/m0/s1. The molecule has 24 heavy (non-hydrogen) atoms. The minimum Gasteiger partial charge on any atom is -0.388 e. The van der Waals surface area contributed by atoms with Crippen LogP contribution in [0.1, 0.15) is 43.1 Å². The summed E-state index contributed by atoms with van der Waals surface area (Å²) in [6.07, 6.45) is 1.38. The molecule has 2 aliphatic rings. The number of rotatable bonds is 2. The molecule has 0 saturated carbocycles. The average molecular weight is 333 g/mol. The molecule has 1 aromatic heterocycles. The molecule has 2 aliphatic heterocycles. The summed E-state index contributed by atoms with van der Waals surface area (Å²) >= 11 is 0. The van der Waals surface area contributed by atoms with Crippen molar-refractivity contribution in [2.24, 2.45) is 7.05 Å². The fourth-order valence-electron chi connectivity index (χ4n) is 3.97. The first-order valence-electron chi connectivity index (χ1n) is 8.58. The van der Waals surface area contributed by atoms with E-state index in [0.29, 0.717) is 12.1 Å². The number of nitrogens with zero attached hydrogens (tertiary/aromatic N) is 3. The van der Waals surface area contributed by atoms with Crippen LogP contribution >= 0.6 is 0 Å². The number of aliphatic hydroxyl groups excluding tert-OH is 1. The molecule has 0 amide bonds. The van der Waals surface area contributed by atoms with Crippen LogP contribution in [0.5, 0.6) is 0 Å². The lowest BCUT2D eigenvalue weighted by molar-refractivity contribution is -0.223. The van der Waals surface area contributed by atoms with Gasteiger partial charge >= 0.3 is 0 Å². The van der Waals surface area contributed by atoms with Crippen molar-refractivity contribution in [1.29, 1.82) is 5.26 Å². The van der Waals surface area contributed by atoms with Crippen molar-refractivity contribution in [1.82, 2.24) is 9.47 Å². The summed E-state index contributed by atoms with van der Waals surface area (Å²) in [5, 5.41) is 29.4. The number of aliphatic hydroxyl groups is 2. The topological polar surface area (TPSA) is 81.7 Å². The molecule has 1 spiro atoms. The summed E-state index contributed by atoms with van der Waals surface area (Å²) in [6, 6.07) is 4.20. The Morgan fingerprint density at radius 1 is 1.42 bits per heavy atom. The van der Waals surface area contributed by atoms with Crippen molar-refractivity contribution in [3.63, 3.8) is 0 Å². The van der Waals surface area contributed by atoms with Crippen LogP contribution in [0, 0.1) is 18.3 Å². The van der Waals surface area contributed by atoms with Crippen LogP contribution in [0.2, 0.25) is 0 Å². The fourth-order valence-corrected chi connectivity index (χ4v) is 3.97. The van der Waals surface area contributed by atoms with Crippen molar-refractivity contribution >= 4 is 0 Å². The second kappa shape index (κ2) is 6.16. The van der Waals surface area contributed by atoms with Gasteiger partial charge in [-0.25, -0.2) is 0 Å². The van der Waals surface area contributed by atoms with E-state index in [1.54, 1.807) is 6.92 Å². The summed E-state index contributed by atoms with van der Waals surface area (Å²) in [6.45, 7) is 6.56. The Kier molecular flexibility index (Phi) is 4.47. The molecule has 6 heteroatoms. The number of likely N-dealkylation sites (tertiary alicyclic amines) is 1. The van der Waals surface area contributed by atoms with Crippen LogP contribution in [-0.2, 0) is 18.3 Å². The van der Waals surface area contributed by atoms with E-state index in [1.807, 2.05) is 24.6 Å². The van der Waals surface area contributed by atoms with Gasteiger partial charge in [-0.2, -0.15) is 5.26 Å². The SMILES string of the molecule is Cc1c(CN2CCC3(CC2)C[C@](C)(O)[C@@H](O)CO3)cc(C#N)n1C. The van der Waals surface area contributed by atoms with Crippen molar-refractivity contribution in [3.05, 3.63) is 23.0 Å². The maximum Gasteiger partial charge on any atom is 0.120 e. The van der Waals surface area contributed by atoms with Crippen LogP contribution in [0.25, 0.3) is 0 Å². The van der Waals surface area contributed by atoms with E-state index in [-0.39, 0.29) is 12.2 Å². The molecular weight excluding hydrogens is 306 g/mol. The number of hydrogen-bond acceptors (Lipinski definition) is 5. The molecule has 3 heterocycles. The second-order valence-corrected chi connectivity index (χ2v) is 7.63. The molecule has 2 fully saturated rings. The summed E-state index contributed by atoms with van der Waals surface area (Å²) in [4.78, 5) is 2.37. The molecule has 0 bridgehead atoms. The number of hydrogen-bond donors (Lipinski definition) is 2. The highest BCUT2D eigenvalue weighted by Crippen LogP contribution is 2.39. The molecular formula is C18H27N3O3. The van der Waals surface area contributed by atoms with Gasteiger partial charge in [-0.15, -0.1) is 0 Å². The third-order valence-corrected chi connectivity index (χ3v) is 5.86. The van der Waals surface area contributed by atoms with Crippen molar-refractivity contribution in [2.75, 3.05) is 19.7 Å². The first-order valence-corrected chi connectivity index (χ1v) is 8.58. The van der Waals surface area contributed by atoms with Gasteiger partial charge in [-0.1, -0.05) is 0 Å². The molecule has 0 unspecified atom stereocenters. The van der Waals surface area contributed by atoms with Gasteiger partial charge in [0.1, 0.15) is 17.9 Å². The van der Waals surface area contributed by atoms with Crippen LogP contribution in [0.15, 0.2) is 6.07 Å². The zero-order chi connectivity index (χ0) is 17.5. The Morgan fingerprint density at radius 3 is 2.62 bits per heavy atom. The lowest BCUT2D eigenvalue weighted by atomic mass is 9.76. The van der Waals surface area contributed by atoms with Gasteiger partial charge in [0.15, 0.2) is 0 Å². The molecule has 132 valence electrons. The minimum atomic E-state index is -1.07. The normalized spacial score (nSPS) is 30.4. The third kappa shape index (κ3) is 3.09. The number of ether oxygens (including phenoxy) is 1. The lowest BCUT2D eigenvalue weighted by Crippen LogP contribution is -2.59. The Balaban J connectivity index is 1.63. The predicted octanol–water partition coefficient (Wildman–Crippen LogP) is 1.07. The van der Waals surface area contributed by atoms with Crippen LogP contribution in [-0.4, -0.2) is 56.7 Å². The lowest BCUT2D eigenvalue weighted by Gasteiger charge is -2.50. The summed E-state index contributed by atoms with van der Waals surface area (Å²) in [5.41, 5.74) is 1.63. The van der Waals surface area contributed by atoms with Gasteiger partial charge in [-0.3, -0.25) is 4.90 Å². The van der Waals surface area contributed by atoms with Gasteiger partial charge in [0, 0.05) is 38.8 Å². The molecule has 0 aromatic carbocycles. The molecule has 3 rings (SSSR count). The third-order valence-electron chi connectivity index (χ3n) is 5.86. The van der Waals surface area contributed by atoms with E-state index in [4.69, 9.17) is 10.00 Å². The molecule has 0 aliphatic carbocycles. The van der Waals surface area contributed by atoms with E-state index in [9.17, 15) is 10.2 Å². The highest BCUT2D eigenvalue weighted by Gasteiger charge is 2.48. The summed E-state index contributed by atoms with van der Waals surface area (Å²) in [5.74, 6) is 0. The van der Waals surface area contributed by atoms with Crippen molar-refractivity contribution < 1.29 is 14.9 Å². The maximum absolute atomic E-state index is 10.4. The second-order valence-electron chi connectivity index (χ2n) is 7.63. The smallest absolute Gasteiger partial charge is 0.120 e. The van der Waals surface area contributed by atoms with Crippen LogP contribution in [0.3, 0.4) is 0 Å². The number of piperidine rings is 1. The Bertz CT molecular complexity index is 651. The van der Waals surface area contributed by atoms with Crippen LogP contribution < -0.4 is 0 Å². The van der Waals surface area contributed by atoms with E-state index in [0.717, 1.165) is 38.2 Å². The van der Waals surface area contributed by atoms with E-state index in [1.165, 1.54) is 5.56 Å². The largest absolute Gasteiger partial charge is 0.388 e.